The van der Waals surface area contributed by atoms with Crippen molar-refractivity contribution in [2.75, 3.05) is 26.8 Å². The number of nitrogens with zero attached hydrogens (tertiary/aromatic N) is 1. The van der Waals surface area contributed by atoms with E-state index in [9.17, 15) is 9.90 Å². The maximum atomic E-state index is 12.4. The first-order valence-corrected chi connectivity index (χ1v) is 7.52. The third kappa shape index (κ3) is 3.81. The Morgan fingerprint density at radius 1 is 1.40 bits per heavy atom. The molecule has 0 spiro atoms. The summed E-state index contributed by atoms with van der Waals surface area (Å²) in [6.45, 7) is 3.39. The molecule has 1 aliphatic rings. The van der Waals surface area contributed by atoms with Crippen LogP contribution in [0, 0.1) is 6.92 Å². The van der Waals surface area contributed by atoms with Crippen molar-refractivity contribution in [3.8, 4) is 0 Å². The Kier molecular flexibility index (Phi) is 4.83. The second-order valence-corrected chi connectivity index (χ2v) is 6.43. The lowest BCUT2D eigenvalue weighted by molar-refractivity contribution is -0.0734. The summed E-state index contributed by atoms with van der Waals surface area (Å²) in [4.78, 5) is 14.0. The minimum Gasteiger partial charge on any atom is -0.388 e. The third-order valence-electron chi connectivity index (χ3n) is 3.59. The van der Waals surface area contributed by atoms with E-state index in [1.165, 1.54) is 0 Å². The van der Waals surface area contributed by atoms with Crippen LogP contribution >= 0.6 is 15.9 Å². The summed E-state index contributed by atoms with van der Waals surface area (Å²) in [5, 5.41) is 10.5. The summed E-state index contributed by atoms with van der Waals surface area (Å²) < 4.78 is 6.14. The smallest absolute Gasteiger partial charge is 0.253 e. The standard InChI is InChI=1S/C15H20BrNO3/c1-11-7-12(9-13(16)8-11)14(18)17(2)10-15(19)3-5-20-6-4-15/h7-9,19H,3-6,10H2,1-2H3. The summed E-state index contributed by atoms with van der Waals surface area (Å²) >= 11 is 3.40. The molecule has 5 heteroatoms. The molecule has 2 rings (SSSR count). The highest BCUT2D eigenvalue weighted by Crippen LogP contribution is 2.23. The topological polar surface area (TPSA) is 49.8 Å². The highest BCUT2D eigenvalue weighted by atomic mass is 79.9. The van der Waals surface area contributed by atoms with Crippen LogP contribution in [0.25, 0.3) is 0 Å². The molecular formula is C15H20BrNO3. The maximum Gasteiger partial charge on any atom is 0.253 e. The number of hydrogen-bond acceptors (Lipinski definition) is 3. The normalized spacial score (nSPS) is 17.8. The van der Waals surface area contributed by atoms with Crippen molar-refractivity contribution < 1.29 is 14.6 Å². The molecule has 0 atom stereocenters. The van der Waals surface area contributed by atoms with Crippen LogP contribution in [0.15, 0.2) is 22.7 Å². The van der Waals surface area contributed by atoms with Crippen molar-refractivity contribution in [3.63, 3.8) is 0 Å². The predicted octanol–water partition coefficient (Wildman–Crippen LogP) is 2.37. The Morgan fingerprint density at radius 3 is 2.65 bits per heavy atom. The number of amides is 1. The van der Waals surface area contributed by atoms with Gasteiger partial charge in [0.1, 0.15) is 0 Å². The van der Waals surface area contributed by atoms with Gasteiger partial charge >= 0.3 is 0 Å². The number of aryl methyl sites for hydroxylation is 1. The van der Waals surface area contributed by atoms with Crippen LogP contribution in [0.1, 0.15) is 28.8 Å². The highest BCUT2D eigenvalue weighted by Gasteiger charge is 2.32. The summed E-state index contributed by atoms with van der Waals surface area (Å²) in [5.74, 6) is -0.0747. The van der Waals surface area contributed by atoms with Gasteiger partial charge in [-0.2, -0.15) is 0 Å². The molecule has 1 heterocycles. The van der Waals surface area contributed by atoms with E-state index in [1.54, 1.807) is 18.0 Å². The zero-order valence-electron chi connectivity index (χ0n) is 11.9. The lowest BCUT2D eigenvalue weighted by Crippen LogP contribution is -2.47. The van der Waals surface area contributed by atoms with E-state index >= 15 is 0 Å². The number of benzene rings is 1. The minimum atomic E-state index is -0.830. The van der Waals surface area contributed by atoms with E-state index in [-0.39, 0.29) is 5.91 Å². The third-order valence-corrected chi connectivity index (χ3v) is 4.05. The molecule has 1 saturated heterocycles. The van der Waals surface area contributed by atoms with E-state index in [2.05, 4.69) is 15.9 Å². The van der Waals surface area contributed by atoms with Gasteiger partial charge in [0.15, 0.2) is 0 Å². The van der Waals surface area contributed by atoms with E-state index in [1.807, 2.05) is 19.1 Å². The van der Waals surface area contributed by atoms with Crippen LogP contribution in [-0.4, -0.2) is 48.3 Å². The summed E-state index contributed by atoms with van der Waals surface area (Å²) in [7, 11) is 1.73. The summed E-state index contributed by atoms with van der Waals surface area (Å²) in [6, 6.07) is 5.63. The zero-order chi connectivity index (χ0) is 14.8. The number of halogens is 1. The van der Waals surface area contributed by atoms with Gasteiger partial charge in [0.05, 0.1) is 5.60 Å². The average Bonchev–Trinajstić information content (AvgIpc) is 2.37. The van der Waals surface area contributed by atoms with Crippen LogP contribution < -0.4 is 0 Å². The minimum absolute atomic E-state index is 0.0747. The Balaban J connectivity index is 2.08. The molecule has 0 radical (unpaired) electrons. The Hall–Kier alpha value is -0.910. The molecule has 1 aliphatic heterocycles. The SMILES string of the molecule is Cc1cc(Br)cc(C(=O)N(C)CC2(O)CCOCC2)c1. The van der Waals surface area contributed by atoms with Gasteiger partial charge in [0, 0.05) is 49.7 Å². The van der Waals surface area contributed by atoms with Gasteiger partial charge in [0.25, 0.3) is 5.91 Å². The fourth-order valence-corrected chi connectivity index (χ4v) is 3.11. The number of ether oxygens (including phenoxy) is 1. The molecule has 1 aromatic carbocycles. The van der Waals surface area contributed by atoms with Crippen LogP contribution in [0.5, 0.6) is 0 Å². The van der Waals surface area contributed by atoms with Crippen LogP contribution in [-0.2, 0) is 4.74 Å². The van der Waals surface area contributed by atoms with Crippen molar-refractivity contribution in [2.24, 2.45) is 0 Å². The zero-order valence-corrected chi connectivity index (χ0v) is 13.4. The van der Waals surface area contributed by atoms with Crippen molar-refractivity contribution in [1.82, 2.24) is 4.90 Å². The second kappa shape index (κ2) is 6.24. The van der Waals surface area contributed by atoms with Gasteiger partial charge in [-0.1, -0.05) is 15.9 Å². The number of aliphatic hydroxyl groups is 1. The second-order valence-electron chi connectivity index (χ2n) is 5.52. The van der Waals surface area contributed by atoms with Crippen molar-refractivity contribution in [3.05, 3.63) is 33.8 Å². The molecule has 0 aliphatic carbocycles. The fraction of sp³-hybridized carbons (Fsp3) is 0.533. The van der Waals surface area contributed by atoms with E-state index < -0.39 is 5.60 Å². The van der Waals surface area contributed by atoms with Gasteiger partial charge in [-0.3, -0.25) is 4.79 Å². The van der Waals surface area contributed by atoms with Crippen molar-refractivity contribution in [1.29, 1.82) is 0 Å². The van der Waals surface area contributed by atoms with Gasteiger partial charge < -0.3 is 14.7 Å². The Labute approximate surface area is 127 Å². The first kappa shape index (κ1) is 15.5. The lowest BCUT2D eigenvalue weighted by atomic mass is 9.93. The molecular weight excluding hydrogens is 322 g/mol. The molecule has 0 bridgehead atoms. The molecule has 4 nitrogen and oxygen atoms in total. The van der Waals surface area contributed by atoms with Gasteiger partial charge in [-0.15, -0.1) is 0 Å². The summed E-state index contributed by atoms with van der Waals surface area (Å²) in [6.07, 6.45) is 1.14. The van der Waals surface area contributed by atoms with E-state index in [0.717, 1.165) is 10.0 Å². The monoisotopic (exact) mass is 341 g/mol. The molecule has 0 unspecified atom stereocenters. The fourth-order valence-electron chi connectivity index (χ4n) is 2.50. The lowest BCUT2D eigenvalue weighted by Gasteiger charge is -2.35. The van der Waals surface area contributed by atoms with E-state index in [0.29, 0.717) is 38.2 Å². The molecule has 1 N–H and O–H groups in total. The van der Waals surface area contributed by atoms with Gasteiger partial charge in [0.2, 0.25) is 0 Å². The quantitative estimate of drug-likeness (QED) is 0.918. The van der Waals surface area contributed by atoms with Crippen LogP contribution in [0.3, 0.4) is 0 Å². The number of carbonyl (C=O) groups excluding carboxylic acids is 1. The number of rotatable bonds is 3. The molecule has 0 aromatic heterocycles. The maximum absolute atomic E-state index is 12.4. The molecule has 110 valence electrons. The molecule has 20 heavy (non-hydrogen) atoms. The Bertz CT molecular complexity index is 478. The summed E-state index contributed by atoms with van der Waals surface area (Å²) in [5.41, 5.74) is 0.833. The van der Waals surface area contributed by atoms with Crippen LogP contribution in [0.4, 0.5) is 0 Å². The number of hydrogen-bond donors (Lipinski definition) is 1. The van der Waals surface area contributed by atoms with Gasteiger partial charge in [-0.05, 0) is 30.7 Å². The van der Waals surface area contributed by atoms with Crippen molar-refractivity contribution in [2.45, 2.75) is 25.4 Å². The predicted molar refractivity (Wildman–Crippen MR) is 80.8 cm³/mol. The average molecular weight is 342 g/mol. The van der Waals surface area contributed by atoms with E-state index in [4.69, 9.17) is 4.74 Å². The highest BCUT2D eigenvalue weighted by molar-refractivity contribution is 9.10. The number of likely N-dealkylation sites (N-methyl/N-ethyl adjacent to an activating group) is 1. The first-order valence-electron chi connectivity index (χ1n) is 6.72. The molecule has 0 saturated carbocycles. The Morgan fingerprint density at radius 2 is 2.05 bits per heavy atom. The van der Waals surface area contributed by atoms with Crippen molar-refractivity contribution >= 4 is 21.8 Å². The van der Waals surface area contributed by atoms with Gasteiger partial charge in [-0.25, -0.2) is 0 Å². The number of carbonyl (C=O) groups is 1. The molecule has 1 fully saturated rings. The molecule has 1 aromatic rings. The molecule has 1 amide bonds. The van der Waals surface area contributed by atoms with Crippen LogP contribution in [0.2, 0.25) is 0 Å². The first-order chi connectivity index (χ1) is 9.39. The largest absolute Gasteiger partial charge is 0.388 e.